The van der Waals surface area contributed by atoms with Crippen molar-refractivity contribution >= 4 is 23.0 Å². The van der Waals surface area contributed by atoms with Crippen LogP contribution in [-0.2, 0) is 0 Å². The lowest BCUT2D eigenvalue weighted by molar-refractivity contribution is -0.0864. The molecule has 0 aromatic heterocycles. The number of thiocarbonyl (C=S) groups is 1. The van der Waals surface area contributed by atoms with Gasteiger partial charge in [0.1, 0.15) is 0 Å². The van der Waals surface area contributed by atoms with Gasteiger partial charge in [-0.2, -0.15) is 5.10 Å². The zero-order valence-corrected chi connectivity index (χ0v) is 14.0. The van der Waals surface area contributed by atoms with Gasteiger partial charge >= 0.3 is 0 Å². The Morgan fingerprint density at radius 1 is 1.45 bits per heavy atom. The summed E-state index contributed by atoms with van der Waals surface area (Å²) in [6.07, 6.45) is 0.766. The zero-order valence-electron chi connectivity index (χ0n) is 13.2. The second-order valence-corrected chi connectivity index (χ2v) is 8.63. The standard InChI is InChI=1S/C15H25N3OS/c1-8-10-11-9(14(11,5)6)7-15(10,19)18(17-8)12(20)16-13(2,3)4/h9-11,19H,7H2,1-6H3,(H,16,20)/t9-,10+,11-,15+/m1/s1. The van der Waals surface area contributed by atoms with Crippen LogP contribution in [-0.4, -0.2) is 32.2 Å². The quantitative estimate of drug-likeness (QED) is 0.673. The van der Waals surface area contributed by atoms with Gasteiger partial charge in [-0.1, -0.05) is 13.8 Å². The van der Waals surface area contributed by atoms with Crippen molar-refractivity contribution in [3.8, 4) is 0 Å². The second kappa shape index (κ2) is 3.74. The smallest absolute Gasteiger partial charge is 0.192 e. The van der Waals surface area contributed by atoms with Crippen LogP contribution in [0.2, 0.25) is 0 Å². The molecular weight excluding hydrogens is 270 g/mol. The lowest BCUT2D eigenvalue weighted by Gasteiger charge is -2.38. The number of fused-ring (bicyclic) bond motifs is 3. The number of hydrogen-bond donors (Lipinski definition) is 2. The van der Waals surface area contributed by atoms with Gasteiger partial charge < -0.3 is 10.4 Å². The Kier molecular flexibility index (Phi) is 2.67. The van der Waals surface area contributed by atoms with Crippen LogP contribution in [0.5, 0.6) is 0 Å². The first-order chi connectivity index (χ1) is 8.98. The molecule has 0 unspecified atom stereocenters. The molecule has 3 rings (SSSR count). The summed E-state index contributed by atoms with van der Waals surface area (Å²) in [5.41, 5.74) is 0.312. The summed E-state index contributed by atoms with van der Waals surface area (Å²) in [6.45, 7) is 12.8. The summed E-state index contributed by atoms with van der Waals surface area (Å²) in [4.78, 5) is 0. The number of hydrogen-bond acceptors (Lipinski definition) is 3. The van der Waals surface area contributed by atoms with Crippen molar-refractivity contribution in [3.05, 3.63) is 0 Å². The summed E-state index contributed by atoms with van der Waals surface area (Å²) in [7, 11) is 0. The Labute approximate surface area is 126 Å². The van der Waals surface area contributed by atoms with Crippen molar-refractivity contribution in [2.75, 3.05) is 0 Å². The van der Waals surface area contributed by atoms with Crippen LogP contribution < -0.4 is 5.32 Å². The molecule has 0 amide bonds. The first-order valence-corrected chi connectivity index (χ1v) is 7.79. The third-order valence-electron chi connectivity index (χ3n) is 5.27. The van der Waals surface area contributed by atoms with Gasteiger partial charge in [0.25, 0.3) is 0 Å². The minimum absolute atomic E-state index is 0.127. The highest BCUT2D eigenvalue weighted by Crippen LogP contribution is 2.73. The highest BCUT2D eigenvalue weighted by atomic mass is 32.1. The third-order valence-corrected chi connectivity index (χ3v) is 5.54. The Balaban J connectivity index is 1.85. The van der Waals surface area contributed by atoms with Crippen LogP contribution in [0.15, 0.2) is 5.10 Å². The van der Waals surface area contributed by atoms with Crippen LogP contribution >= 0.6 is 12.2 Å². The van der Waals surface area contributed by atoms with E-state index in [-0.39, 0.29) is 11.5 Å². The molecule has 0 radical (unpaired) electrons. The lowest BCUT2D eigenvalue weighted by atomic mass is 9.84. The van der Waals surface area contributed by atoms with Gasteiger partial charge in [0.05, 0.1) is 5.92 Å². The minimum atomic E-state index is -0.912. The molecule has 112 valence electrons. The maximum absolute atomic E-state index is 11.1. The fraction of sp³-hybridized carbons (Fsp3) is 0.867. The number of hydrazone groups is 1. The number of aliphatic hydroxyl groups is 1. The van der Waals surface area contributed by atoms with Gasteiger partial charge in [0.2, 0.25) is 0 Å². The average Bonchev–Trinajstić information content (AvgIpc) is 2.56. The Morgan fingerprint density at radius 3 is 2.60 bits per heavy atom. The Hall–Kier alpha value is -0.680. The fourth-order valence-electron chi connectivity index (χ4n) is 4.29. The number of rotatable bonds is 0. The maximum atomic E-state index is 11.1. The van der Waals surface area contributed by atoms with Crippen LogP contribution in [0, 0.1) is 23.2 Å². The van der Waals surface area contributed by atoms with E-state index in [1.54, 1.807) is 5.01 Å². The first-order valence-electron chi connectivity index (χ1n) is 7.38. The van der Waals surface area contributed by atoms with E-state index in [1.807, 2.05) is 6.92 Å². The molecule has 3 aliphatic rings. The third kappa shape index (κ3) is 1.75. The van der Waals surface area contributed by atoms with Crippen molar-refractivity contribution < 1.29 is 5.11 Å². The van der Waals surface area contributed by atoms with Gasteiger partial charge in [-0.15, -0.1) is 0 Å². The van der Waals surface area contributed by atoms with Crippen LogP contribution in [0.3, 0.4) is 0 Å². The molecule has 2 N–H and O–H groups in total. The molecule has 20 heavy (non-hydrogen) atoms. The van der Waals surface area contributed by atoms with Gasteiger partial charge in [-0.3, -0.25) is 0 Å². The summed E-state index contributed by atoms with van der Waals surface area (Å²) in [6, 6.07) is 0. The van der Waals surface area contributed by atoms with Crippen molar-refractivity contribution in [2.24, 2.45) is 28.3 Å². The van der Waals surface area contributed by atoms with Crippen LogP contribution in [0.25, 0.3) is 0 Å². The topological polar surface area (TPSA) is 47.9 Å². The molecule has 0 aromatic carbocycles. The molecule has 2 fully saturated rings. The van der Waals surface area contributed by atoms with E-state index in [9.17, 15) is 5.11 Å². The number of nitrogens with one attached hydrogen (secondary N) is 1. The molecular formula is C15H25N3OS. The molecule has 0 spiro atoms. The molecule has 1 aliphatic heterocycles. The SMILES string of the molecule is CC1=NN(C(=S)NC(C)(C)C)[C@]2(O)C[C@@H]3[C@H]([C@H]12)C3(C)C. The van der Waals surface area contributed by atoms with E-state index < -0.39 is 5.72 Å². The highest BCUT2D eigenvalue weighted by Gasteiger charge is 2.75. The normalized spacial score (nSPS) is 41.0. The van der Waals surface area contributed by atoms with Crippen molar-refractivity contribution in [3.63, 3.8) is 0 Å². The molecule has 0 aromatic rings. The van der Waals surface area contributed by atoms with E-state index in [4.69, 9.17) is 12.2 Å². The molecule has 5 heteroatoms. The van der Waals surface area contributed by atoms with E-state index >= 15 is 0 Å². The van der Waals surface area contributed by atoms with Crippen molar-refractivity contribution in [2.45, 2.75) is 59.2 Å². The molecule has 2 saturated carbocycles. The maximum Gasteiger partial charge on any atom is 0.192 e. The summed E-state index contributed by atoms with van der Waals surface area (Å²) in [5, 5.41) is 21.2. The van der Waals surface area contributed by atoms with Crippen molar-refractivity contribution in [1.29, 1.82) is 0 Å². The van der Waals surface area contributed by atoms with Crippen molar-refractivity contribution in [1.82, 2.24) is 10.3 Å². The average molecular weight is 295 g/mol. The molecule has 4 nitrogen and oxygen atoms in total. The van der Waals surface area contributed by atoms with Crippen LogP contribution in [0.4, 0.5) is 0 Å². The fourth-order valence-corrected chi connectivity index (χ4v) is 4.80. The van der Waals surface area contributed by atoms with Gasteiger partial charge in [0, 0.05) is 17.7 Å². The molecule has 1 heterocycles. The van der Waals surface area contributed by atoms with E-state index in [1.165, 1.54) is 0 Å². The van der Waals surface area contributed by atoms with E-state index in [2.05, 4.69) is 45.0 Å². The van der Waals surface area contributed by atoms with E-state index in [0.29, 0.717) is 22.4 Å². The highest BCUT2D eigenvalue weighted by molar-refractivity contribution is 7.80. The van der Waals surface area contributed by atoms with E-state index in [0.717, 1.165) is 12.1 Å². The predicted octanol–water partition coefficient (Wildman–Crippen LogP) is 2.33. The zero-order chi connectivity index (χ0) is 15.1. The second-order valence-electron chi connectivity index (χ2n) is 8.25. The minimum Gasteiger partial charge on any atom is -0.368 e. The molecule has 4 atom stereocenters. The predicted molar refractivity (Wildman–Crippen MR) is 84.3 cm³/mol. The first kappa shape index (κ1) is 14.3. The van der Waals surface area contributed by atoms with Gasteiger partial charge in [-0.25, -0.2) is 5.01 Å². The molecule has 2 aliphatic carbocycles. The summed E-state index contributed by atoms with van der Waals surface area (Å²) >= 11 is 5.47. The number of nitrogens with zero attached hydrogens (tertiary/aromatic N) is 2. The largest absolute Gasteiger partial charge is 0.368 e. The van der Waals surface area contributed by atoms with Gasteiger partial charge in [0.15, 0.2) is 10.8 Å². The Bertz CT molecular complexity index is 508. The summed E-state index contributed by atoms with van der Waals surface area (Å²) < 4.78 is 0. The van der Waals surface area contributed by atoms with Gasteiger partial charge in [-0.05, 0) is 57.2 Å². The Morgan fingerprint density at radius 2 is 2.05 bits per heavy atom. The molecule has 0 saturated heterocycles. The molecule has 0 bridgehead atoms. The van der Waals surface area contributed by atoms with Crippen LogP contribution in [0.1, 0.15) is 48.0 Å². The lowest BCUT2D eigenvalue weighted by Crippen LogP contribution is -2.56. The summed E-state index contributed by atoms with van der Waals surface area (Å²) in [5.74, 6) is 1.25. The monoisotopic (exact) mass is 295 g/mol.